The van der Waals surface area contributed by atoms with Crippen molar-refractivity contribution in [2.75, 3.05) is 0 Å². The molecule has 0 spiro atoms. The van der Waals surface area contributed by atoms with Crippen molar-refractivity contribution >= 4 is 10.9 Å². The first-order chi connectivity index (χ1) is 10.4. The van der Waals surface area contributed by atoms with Crippen LogP contribution in [-0.4, -0.2) is 10.1 Å². The number of hydrogen-bond acceptors (Lipinski definition) is 2. The van der Waals surface area contributed by atoms with E-state index in [2.05, 4.69) is 4.98 Å². The van der Waals surface area contributed by atoms with E-state index in [4.69, 9.17) is 4.74 Å². The first-order valence-electron chi connectivity index (χ1n) is 6.53. The molecule has 3 aromatic rings. The van der Waals surface area contributed by atoms with Gasteiger partial charge in [-0.15, -0.1) is 0 Å². The van der Waals surface area contributed by atoms with Crippen LogP contribution >= 0.6 is 0 Å². The Morgan fingerprint density at radius 1 is 1.09 bits per heavy atom. The summed E-state index contributed by atoms with van der Waals surface area (Å²) >= 11 is 0. The minimum absolute atomic E-state index is 0.00211. The molecule has 3 rings (SSSR count). The molecule has 114 valence electrons. The third-order valence-electron chi connectivity index (χ3n) is 3.33. The lowest BCUT2D eigenvalue weighted by Crippen LogP contribution is -2.08. The molecule has 0 aliphatic carbocycles. The molecule has 0 saturated carbocycles. The Balaban J connectivity index is 1.86. The van der Waals surface area contributed by atoms with Gasteiger partial charge in [0, 0.05) is 28.7 Å². The lowest BCUT2D eigenvalue weighted by atomic mass is 10.1. The highest BCUT2D eigenvalue weighted by Gasteiger charge is 2.34. The van der Waals surface area contributed by atoms with Crippen molar-refractivity contribution in [3.8, 4) is 11.5 Å². The maximum atomic E-state index is 12.9. The Morgan fingerprint density at radius 2 is 1.86 bits per heavy atom. The van der Waals surface area contributed by atoms with Gasteiger partial charge in [-0.2, -0.15) is 13.2 Å². The number of nitrogens with one attached hydrogen (secondary N) is 1. The Hall–Kier alpha value is -2.63. The summed E-state index contributed by atoms with van der Waals surface area (Å²) in [7, 11) is 0. The Labute approximate surface area is 124 Å². The van der Waals surface area contributed by atoms with E-state index in [1.807, 2.05) is 0 Å². The summed E-state index contributed by atoms with van der Waals surface area (Å²) in [4.78, 5) is 2.95. The number of benzene rings is 2. The fourth-order valence-corrected chi connectivity index (χ4v) is 2.28. The lowest BCUT2D eigenvalue weighted by Gasteiger charge is -2.13. The van der Waals surface area contributed by atoms with Gasteiger partial charge in [0.05, 0.1) is 5.56 Å². The molecule has 0 unspecified atom stereocenters. The number of H-pyrrole nitrogens is 1. The molecule has 22 heavy (non-hydrogen) atoms. The van der Waals surface area contributed by atoms with E-state index in [0.29, 0.717) is 11.1 Å². The summed E-state index contributed by atoms with van der Waals surface area (Å²) in [5, 5.41) is 10.2. The van der Waals surface area contributed by atoms with E-state index < -0.39 is 11.7 Å². The second-order valence-corrected chi connectivity index (χ2v) is 4.83. The molecule has 1 heterocycles. The lowest BCUT2D eigenvalue weighted by molar-refractivity contribution is -0.139. The second-order valence-electron chi connectivity index (χ2n) is 4.83. The molecule has 0 aliphatic heterocycles. The normalized spacial score (nSPS) is 11.8. The number of fused-ring (bicyclic) bond motifs is 1. The predicted molar refractivity (Wildman–Crippen MR) is 75.7 cm³/mol. The number of rotatable bonds is 3. The molecule has 0 bridgehead atoms. The van der Waals surface area contributed by atoms with Crippen LogP contribution in [0.1, 0.15) is 11.1 Å². The molecule has 3 nitrogen and oxygen atoms in total. The maximum Gasteiger partial charge on any atom is 0.419 e. The number of alkyl halides is 3. The van der Waals surface area contributed by atoms with E-state index in [9.17, 15) is 18.3 Å². The van der Waals surface area contributed by atoms with Crippen LogP contribution in [0.5, 0.6) is 11.5 Å². The fourth-order valence-electron chi connectivity index (χ4n) is 2.28. The van der Waals surface area contributed by atoms with Gasteiger partial charge < -0.3 is 14.8 Å². The Morgan fingerprint density at radius 3 is 2.64 bits per heavy atom. The van der Waals surface area contributed by atoms with Crippen LogP contribution in [0, 0.1) is 0 Å². The number of ether oxygens (including phenoxy) is 1. The van der Waals surface area contributed by atoms with E-state index >= 15 is 0 Å². The van der Waals surface area contributed by atoms with E-state index in [0.717, 1.165) is 11.5 Å². The topological polar surface area (TPSA) is 45.2 Å². The smallest absolute Gasteiger partial charge is 0.419 e. The maximum absolute atomic E-state index is 12.9. The number of para-hydroxylation sites is 1. The molecule has 6 heteroatoms. The standard InChI is InChI=1S/C16H12F3NO2/c17-16(18,19)13-3-1-2-4-15(13)22-9-10-8-20-14-7-11(21)5-6-12(10)14/h1-8,20-21H,9H2. The van der Waals surface area contributed by atoms with Crippen molar-refractivity contribution < 1.29 is 23.0 Å². The van der Waals surface area contributed by atoms with E-state index in [1.54, 1.807) is 18.3 Å². The average Bonchev–Trinajstić information content (AvgIpc) is 2.86. The highest BCUT2D eigenvalue weighted by molar-refractivity contribution is 5.84. The van der Waals surface area contributed by atoms with Crippen molar-refractivity contribution in [2.24, 2.45) is 0 Å². The number of aromatic hydroxyl groups is 1. The number of phenols is 1. The summed E-state index contributed by atoms with van der Waals surface area (Å²) in [6.45, 7) is -0.00211. The molecule has 0 radical (unpaired) electrons. The first-order valence-corrected chi connectivity index (χ1v) is 6.53. The van der Waals surface area contributed by atoms with E-state index in [1.165, 1.54) is 24.3 Å². The number of hydrogen-bond donors (Lipinski definition) is 2. The largest absolute Gasteiger partial charge is 0.508 e. The zero-order valence-electron chi connectivity index (χ0n) is 11.3. The summed E-state index contributed by atoms with van der Waals surface area (Å²) in [5.41, 5.74) is 0.613. The van der Waals surface area contributed by atoms with Gasteiger partial charge in [0.1, 0.15) is 18.1 Å². The van der Waals surface area contributed by atoms with Gasteiger partial charge in [0.2, 0.25) is 0 Å². The van der Waals surface area contributed by atoms with Gasteiger partial charge in [-0.05, 0) is 24.3 Å². The molecule has 0 saturated heterocycles. The summed E-state index contributed by atoms with van der Waals surface area (Å²) in [6.07, 6.45) is -2.80. The SMILES string of the molecule is Oc1ccc2c(COc3ccccc3C(F)(F)F)c[nH]c2c1. The molecular formula is C16H12F3NO2. The van der Waals surface area contributed by atoms with Crippen molar-refractivity contribution in [1.82, 2.24) is 4.98 Å². The summed E-state index contributed by atoms with van der Waals surface area (Å²) in [6, 6.07) is 9.86. The number of halogens is 3. The van der Waals surface area contributed by atoms with Gasteiger partial charge in [0.15, 0.2) is 0 Å². The average molecular weight is 307 g/mol. The molecule has 0 atom stereocenters. The van der Waals surface area contributed by atoms with Crippen LogP contribution in [0.2, 0.25) is 0 Å². The monoisotopic (exact) mass is 307 g/mol. The van der Waals surface area contributed by atoms with Crippen LogP contribution in [0.25, 0.3) is 10.9 Å². The first kappa shape index (κ1) is 14.3. The van der Waals surface area contributed by atoms with Crippen molar-refractivity contribution in [3.63, 3.8) is 0 Å². The van der Waals surface area contributed by atoms with Crippen LogP contribution in [0.4, 0.5) is 13.2 Å². The second kappa shape index (κ2) is 5.29. The van der Waals surface area contributed by atoms with Crippen LogP contribution in [0.15, 0.2) is 48.7 Å². The highest BCUT2D eigenvalue weighted by Crippen LogP contribution is 2.36. The van der Waals surface area contributed by atoms with Crippen molar-refractivity contribution in [1.29, 1.82) is 0 Å². The minimum atomic E-state index is -4.46. The molecule has 0 fully saturated rings. The summed E-state index contributed by atoms with van der Waals surface area (Å²) < 4.78 is 44.0. The predicted octanol–water partition coefficient (Wildman–Crippen LogP) is 4.47. The van der Waals surface area contributed by atoms with Crippen molar-refractivity contribution in [2.45, 2.75) is 12.8 Å². The quantitative estimate of drug-likeness (QED) is 0.750. The number of aromatic amines is 1. The van der Waals surface area contributed by atoms with E-state index in [-0.39, 0.29) is 18.1 Å². The zero-order chi connectivity index (χ0) is 15.7. The van der Waals surface area contributed by atoms with Gasteiger partial charge in [-0.25, -0.2) is 0 Å². The molecular weight excluding hydrogens is 295 g/mol. The van der Waals surface area contributed by atoms with Gasteiger partial charge in [-0.1, -0.05) is 12.1 Å². The number of aromatic nitrogens is 1. The van der Waals surface area contributed by atoms with Crippen LogP contribution < -0.4 is 4.74 Å². The molecule has 0 amide bonds. The Kier molecular flexibility index (Phi) is 3.44. The number of phenolic OH excluding ortho intramolecular Hbond substituents is 1. The third kappa shape index (κ3) is 2.72. The van der Waals surface area contributed by atoms with Crippen LogP contribution in [0.3, 0.4) is 0 Å². The molecule has 2 N–H and O–H groups in total. The minimum Gasteiger partial charge on any atom is -0.508 e. The zero-order valence-corrected chi connectivity index (χ0v) is 11.3. The fraction of sp³-hybridized carbons (Fsp3) is 0.125. The molecule has 0 aliphatic rings. The highest BCUT2D eigenvalue weighted by atomic mass is 19.4. The molecule has 2 aromatic carbocycles. The Bertz CT molecular complexity index is 809. The van der Waals surface area contributed by atoms with Crippen molar-refractivity contribution in [3.05, 3.63) is 59.8 Å². The third-order valence-corrected chi connectivity index (χ3v) is 3.33. The van der Waals surface area contributed by atoms with Crippen LogP contribution in [-0.2, 0) is 12.8 Å². The van der Waals surface area contributed by atoms with Gasteiger partial charge >= 0.3 is 6.18 Å². The molecule has 1 aromatic heterocycles. The van der Waals surface area contributed by atoms with Gasteiger partial charge in [0.25, 0.3) is 0 Å². The summed E-state index contributed by atoms with van der Waals surface area (Å²) in [5.74, 6) is -0.0904. The van der Waals surface area contributed by atoms with Gasteiger partial charge in [-0.3, -0.25) is 0 Å².